The highest BCUT2D eigenvalue weighted by atomic mass is 19.4. The van der Waals surface area contributed by atoms with Gasteiger partial charge in [-0.15, -0.1) is 10.2 Å². The minimum atomic E-state index is -4.60. The number of hydrogen-bond donors (Lipinski definition) is 3. The van der Waals surface area contributed by atoms with Crippen LogP contribution in [0.25, 0.3) is 11.3 Å². The van der Waals surface area contributed by atoms with Crippen LogP contribution in [0.3, 0.4) is 0 Å². The van der Waals surface area contributed by atoms with Gasteiger partial charge in [-0.3, -0.25) is 15.0 Å². The van der Waals surface area contributed by atoms with E-state index in [4.69, 9.17) is 0 Å². The van der Waals surface area contributed by atoms with E-state index in [0.29, 0.717) is 0 Å². The van der Waals surface area contributed by atoms with E-state index >= 15 is 0 Å². The molecule has 2 aromatic carbocycles. The summed E-state index contributed by atoms with van der Waals surface area (Å²) in [6.45, 7) is 0. The van der Waals surface area contributed by atoms with E-state index < -0.39 is 23.0 Å². The molecule has 0 aliphatic rings. The fourth-order valence-electron chi connectivity index (χ4n) is 2.23. The average molecular weight is 348 g/mol. The van der Waals surface area contributed by atoms with Crippen LogP contribution in [0.2, 0.25) is 0 Å². The number of nitrogens with zero attached hydrogens (tertiary/aromatic N) is 2. The molecule has 25 heavy (non-hydrogen) atoms. The Hall–Kier alpha value is -3.36. The lowest BCUT2D eigenvalue weighted by atomic mass is 10.1. The third-order valence-electron chi connectivity index (χ3n) is 3.39. The van der Waals surface area contributed by atoms with Crippen molar-refractivity contribution in [3.63, 3.8) is 0 Å². The summed E-state index contributed by atoms with van der Waals surface area (Å²) in [4.78, 5) is 11.9. The van der Waals surface area contributed by atoms with Crippen molar-refractivity contribution in [2.75, 3.05) is 0 Å². The van der Waals surface area contributed by atoms with E-state index in [1.807, 2.05) is 0 Å². The number of phenols is 1. The molecule has 0 saturated heterocycles. The zero-order valence-corrected chi connectivity index (χ0v) is 12.5. The minimum Gasteiger partial charge on any atom is -0.507 e. The molecule has 0 aliphatic carbocycles. The first-order valence-corrected chi connectivity index (χ1v) is 7.05. The number of alkyl halides is 3. The van der Waals surface area contributed by atoms with E-state index in [1.165, 1.54) is 24.3 Å². The zero-order valence-electron chi connectivity index (χ0n) is 12.5. The highest BCUT2D eigenvalue weighted by molar-refractivity contribution is 5.75. The number of nitrogens with one attached hydrogen (secondary N) is 2. The highest BCUT2D eigenvalue weighted by Gasteiger charge is 2.33. The van der Waals surface area contributed by atoms with Crippen LogP contribution in [0, 0.1) is 0 Å². The predicted octanol–water partition coefficient (Wildman–Crippen LogP) is 4.51. The maximum atomic E-state index is 13.0. The largest absolute Gasteiger partial charge is 0.507 e. The molecule has 3 N–H and O–H groups in total. The van der Waals surface area contributed by atoms with Crippen LogP contribution in [-0.2, 0) is 6.18 Å². The normalized spacial score (nSPS) is 12.0. The molecule has 0 unspecified atom stereocenters. The van der Waals surface area contributed by atoms with Crippen molar-refractivity contribution in [1.82, 2.24) is 10.2 Å². The molecule has 0 fully saturated rings. The molecule has 128 valence electrons. The Morgan fingerprint density at radius 1 is 0.920 bits per heavy atom. The standard InChI is InChI=1S/C16H11F3N4O2/c17-16(18,19)10-6-2-3-7-11(10)20-22-14-13(21-23-15(14)25)9-5-1-4-8-12(9)24/h1-8,24H,(H2,21,23,25). The predicted molar refractivity (Wildman–Crippen MR) is 84.1 cm³/mol. The lowest BCUT2D eigenvalue weighted by Gasteiger charge is -2.08. The molecule has 9 heteroatoms. The molecule has 0 atom stereocenters. The van der Waals surface area contributed by atoms with Crippen molar-refractivity contribution in [2.45, 2.75) is 6.18 Å². The number of H-pyrrole nitrogens is 2. The summed E-state index contributed by atoms with van der Waals surface area (Å²) in [5, 5.41) is 21.9. The number of hydrogen-bond acceptors (Lipinski definition) is 4. The SMILES string of the molecule is O=c1[nH][nH]c(-c2ccccc2O)c1N=Nc1ccccc1C(F)(F)F. The molecule has 1 heterocycles. The Bertz CT molecular complexity index is 989. The molecule has 0 radical (unpaired) electrons. The van der Waals surface area contributed by atoms with E-state index in [1.54, 1.807) is 12.1 Å². The summed E-state index contributed by atoms with van der Waals surface area (Å²) in [5.74, 6) is -0.120. The summed E-state index contributed by atoms with van der Waals surface area (Å²) >= 11 is 0. The van der Waals surface area contributed by atoms with Crippen molar-refractivity contribution < 1.29 is 18.3 Å². The number of aromatic hydroxyl groups is 1. The van der Waals surface area contributed by atoms with Gasteiger partial charge in [-0.2, -0.15) is 13.2 Å². The van der Waals surface area contributed by atoms with Gasteiger partial charge in [0, 0.05) is 5.56 Å². The van der Waals surface area contributed by atoms with Gasteiger partial charge >= 0.3 is 6.18 Å². The monoisotopic (exact) mass is 348 g/mol. The number of phenolic OH excluding ortho intramolecular Hbond substituents is 1. The van der Waals surface area contributed by atoms with Gasteiger partial charge in [-0.1, -0.05) is 24.3 Å². The van der Waals surface area contributed by atoms with Crippen LogP contribution in [0.4, 0.5) is 24.5 Å². The summed E-state index contributed by atoms with van der Waals surface area (Å²) in [6.07, 6.45) is -4.60. The third kappa shape index (κ3) is 3.30. The molecule has 1 aromatic heterocycles. The average Bonchev–Trinajstić information content (AvgIpc) is 2.93. The molecule has 0 spiro atoms. The topological polar surface area (TPSA) is 93.6 Å². The Balaban J connectivity index is 2.07. The second-order valence-corrected chi connectivity index (χ2v) is 5.03. The third-order valence-corrected chi connectivity index (χ3v) is 3.39. The van der Waals surface area contributed by atoms with E-state index in [-0.39, 0.29) is 22.7 Å². The van der Waals surface area contributed by atoms with Crippen molar-refractivity contribution in [3.05, 3.63) is 64.4 Å². The van der Waals surface area contributed by atoms with Gasteiger partial charge < -0.3 is 5.11 Å². The summed E-state index contributed by atoms with van der Waals surface area (Å²) in [5.41, 5.74) is -1.91. The number of para-hydroxylation sites is 1. The van der Waals surface area contributed by atoms with E-state index in [2.05, 4.69) is 20.4 Å². The Morgan fingerprint density at radius 2 is 1.60 bits per heavy atom. The molecule has 3 aromatic rings. The van der Waals surface area contributed by atoms with Gasteiger partial charge in [0.25, 0.3) is 5.56 Å². The Morgan fingerprint density at radius 3 is 2.32 bits per heavy atom. The maximum absolute atomic E-state index is 13.0. The molecule has 0 aliphatic heterocycles. The van der Waals surface area contributed by atoms with Gasteiger partial charge in [-0.05, 0) is 24.3 Å². The molecule has 0 saturated carbocycles. The lowest BCUT2D eigenvalue weighted by molar-refractivity contribution is -0.137. The fraction of sp³-hybridized carbons (Fsp3) is 0.0625. The molecule has 0 bridgehead atoms. The second-order valence-electron chi connectivity index (χ2n) is 5.03. The maximum Gasteiger partial charge on any atom is 0.418 e. The fourth-order valence-corrected chi connectivity index (χ4v) is 2.23. The van der Waals surface area contributed by atoms with Crippen LogP contribution in [0.5, 0.6) is 5.75 Å². The Labute approximate surface area is 138 Å². The molecular weight excluding hydrogens is 337 g/mol. The van der Waals surface area contributed by atoms with Gasteiger partial charge in [0.15, 0.2) is 5.69 Å². The number of aromatic nitrogens is 2. The summed E-state index contributed by atoms with van der Waals surface area (Å²) in [7, 11) is 0. The van der Waals surface area contributed by atoms with Gasteiger partial charge in [0.1, 0.15) is 5.75 Å². The van der Waals surface area contributed by atoms with E-state index in [9.17, 15) is 23.1 Å². The highest BCUT2D eigenvalue weighted by Crippen LogP contribution is 2.37. The number of rotatable bonds is 3. The number of halogens is 3. The van der Waals surface area contributed by atoms with Crippen molar-refractivity contribution >= 4 is 11.4 Å². The first kappa shape index (κ1) is 16.5. The van der Waals surface area contributed by atoms with Gasteiger partial charge in [0.2, 0.25) is 0 Å². The van der Waals surface area contributed by atoms with Gasteiger partial charge in [-0.25, -0.2) is 0 Å². The van der Waals surface area contributed by atoms with Crippen LogP contribution < -0.4 is 5.56 Å². The molecule has 3 rings (SSSR count). The van der Waals surface area contributed by atoms with Crippen LogP contribution in [0.1, 0.15) is 5.56 Å². The summed E-state index contributed by atoms with van der Waals surface area (Å²) in [6, 6.07) is 10.8. The van der Waals surface area contributed by atoms with Crippen LogP contribution in [-0.4, -0.2) is 15.3 Å². The Kier molecular flexibility index (Phi) is 4.14. The number of aromatic amines is 2. The quantitative estimate of drug-likeness (QED) is 0.608. The van der Waals surface area contributed by atoms with Gasteiger partial charge in [0.05, 0.1) is 16.9 Å². The van der Waals surface area contributed by atoms with E-state index in [0.717, 1.165) is 12.1 Å². The first-order chi connectivity index (χ1) is 11.9. The minimum absolute atomic E-state index is 0.120. The summed E-state index contributed by atoms with van der Waals surface area (Å²) < 4.78 is 38.9. The number of azo groups is 1. The molecule has 6 nitrogen and oxygen atoms in total. The first-order valence-electron chi connectivity index (χ1n) is 7.05. The second kappa shape index (κ2) is 6.27. The number of benzene rings is 2. The van der Waals surface area contributed by atoms with Crippen molar-refractivity contribution in [3.8, 4) is 17.0 Å². The van der Waals surface area contributed by atoms with Crippen molar-refractivity contribution in [1.29, 1.82) is 0 Å². The smallest absolute Gasteiger partial charge is 0.418 e. The van der Waals surface area contributed by atoms with Crippen LogP contribution in [0.15, 0.2) is 63.6 Å². The van der Waals surface area contributed by atoms with Crippen LogP contribution >= 0.6 is 0 Å². The van der Waals surface area contributed by atoms with Crippen molar-refractivity contribution in [2.24, 2.45) is 10.2 Å². The zero-order chi connectivity index (χ0) is 18.0. The lowest BCUT2D eigenvalue weighted by Crippen LogP contribution is -2.04. The molecule has 0 amide bonds. The molecular formula is C16H11F3N4O2.